The van der Waals surface area contributed by atoms with Crippen LogP contribution in [0, 0.1) is 0 Å². The summed E-state index contributed by atoms with van der Waals surface area (Å²) in [5.74, 6) is 0. The van der Waals surface area contributed by atoms with Crippen LogP contribution in [-0.4, -0.2) is 51.4 Å². The first-order valence-corrected chi connectivity index (χ1v) is 2.89. The van der Waals surface area contributed by atoms with Gasteiger partial charge >= 0.3 is 51.4 Å². The molecule has 0 atom stereocenters. The fourth-order valence-electron chi connectivity index (χ4n) is 0.906. The first-order chi connectivity index (χ1) is 4.47. The van der Waals surface area contributed by atoms with Gasteiger partial charge in [-0.3, -0.25) is 0 Å². The van der Waals surface area contributed by atoms with Gasteiger partial charge in [0, 0.05) is 5.39 Å². The molecule has 0 saturated heterocycles. The fourth-order valence-corrected chi connectivity index (χ4v) is 0.906. The Morgan fingerprint density at radius 3 is 2.60 bits per heavy atom. The van der Waals surface area contributed by atoms with Crippen molar-refractivity contribution >= 4 is 62.4 Å². The maximum absolute atomic E-state index is 5.12. The van der Waals surface area contributed by atoms with E-state index in [4.69, 9.17) is 4.42 Å². The van der Waals surface area contributed by atoms with Crippen LogP contribution in [0.25, 0.3) is 11.0 Å². The predicted molar refractivity (Wildman–Crippen MR) is 43.4 cm³/mol. The number of hydrogen-bond acceptors (Lipinski definition) is 1. The second kappa shape index (κ2) is 3.69. The van der Waals surface area contributed by atoms with Crippen LogP contribution in [0.3, 0.4) is 0 Å². The molecule has 0 aliphatic carbocycles. The molecule has 0 spiro atoms. The summed E-state index contributed by atoms with van der Waals surface area (Å²) in [6.07, 6.45) is 1.70. The summed E-state index contributed by atoms with van der Waals surface area (Å²) >= 11 is 0. The molecule has 1 aromatic heterocycles. The molecule has 10 heavy (non-hydrogen) atoms. The average molecular weight is 158 g/mol. The molecule has 0 amide bonds. The molecule has 1 aromatic carbocycles. The molecule has 1 heterocycles. The van der Waals surface area contributed by atoms with Crippen LogP contribution in [0.5, 0.6) is 0 Å². The standard InChI is InChI=1S/C8H6O.K.H/c1-2-4-8-7(3-1)5-6-9-8;;/h1-6H;;. The van der Waals surface area contributed by atoms with Crippen molar-refractivity contribution in [1.82, 2.24) is 0 Å². The Morgan fingerprint density at radius 1 is 1.00 bits per heavy atom. The van der Waals surface area contributed by atoms with Gasteiger partial charge in [0.15, 0.2) is 0 Å². The van der Waals surface area contributed by atoms with Crippen LogP contribution < -0.4 is 0 Å². The van der Waals surface area contributed by atoms with E-state index >= 15 is 0 Å². The first kappa shape index (κ1) is 8.49. The van der Waals surface area contributed by atoms with Crippen molar-refractivity contribution in [3.05, 3.63) is 36.6 Å². The van der Waals surface area contributed by atoms with Gasteiger partial charge in [-0.2, -0.15) is 0 Å². The van der Waals surface area contributed by atoms with Gasteiger partial charge in [0.2, 0.25) is 0 Å². The molecule has 0 unspecified atom stereocenters. The quantitative estimate of drug-likeness (QED) is 0.533. The molecule has 0 saturated carbocycles. The van der Waals surface area contributed by atoms with E-state index in [1.807, 2.05) is 30.3 Å². The fraction of sp³-hybridized carbons (Fsp3) is 0. The van der Waals surface area contributed by atoms with Gasteiger partial charge in [-0.1, -0.05) is 18.2 Å². The molecule has 2 heteroatoms. The van der Waals surface area contributed by atoms with Crippen LogP contribution >= 0.6 is 0 Å². The minimum Gasteiger partial charge on any atom is -0.464 e. The summed E-state index contributed by atoms with van der Waals surface area (Å²) < 4.78 is 5.12. The molecule has 1 nitrogen and oxygen atoms in total. The third kappa shape index (κ3) is 1.52. The molecular formula is C8H7KO. The Morgan fingerprint density at radius 2 is 1.80 bits per heavy atom. The number of benzene rings is 1. The predicted octanol–water partition coefficient (Wildman–Crippen LogP) is 1.78. The van der Waals surface area contributed by atoms with Crippen molar-refractivity contribution in [3.63, 3.8) is 0 Å². The minimum absolute atomic E-state index is 0. The second-order valence-corrected chi connectivity index (χ2v) is 1.96. The molecule has 0 fully saturated rings. The summed E-state index contributed by atoms with van der Waals surface area (Å²) in [5.41, 5.74) is 0.956. The third-order valence-electron chi connectivity index (χ3n) is 1.36. The number of rotatable bonds is 0. The normalized spacial score (nSPS) is 9.20. The van der Waals surface area contributed by atoms with Crippen LogP contribution in [-0.2, 0) is 0 Å². The molecule has 0 N–H and O–H groups in total. The zero-order valence-corrected chi connectivity index (χ0v) is 4.87. The van der Waals surface area contributed by atoms with E-state index < -0.39 is 0 Å². The summed E-state index contributed by atoms with van der Waals surface area (Å²) in [4.78, 5) is 0. The van der Waals surface area contributed by atoms with Gasteiger partial charge in [0.05, 0.1) is 6.26 Å². The van der Waals surface area contributed by atoms with Gasteiger partial charge in [0.25, 0.3) is 0 Å². The van der Waals surface area contributed by atoms with E-state index in [2.05, 4.69) is 0 Å². The molecule has 0 aliphatic heterocycles. The molecule has 2 aromatic rings. The number of furan rings is 1. The minimum atomic E-state index is 0. The van der Waals surface area contributed by atoms with Crippen molar-refractivity contribution in [3.8, 4) is 0 Å². The second-order valence-electron chi connectivity index (χ2n) is 1.96. The van der Waals surface area contributed by atoms with E-state index in [1.54, 1.807) is 6.26 Å². The van der Waals surface area contributed by atoms with Gasteiger partial charge in [-0.15, -0.1) is 0 Å². The Balaban J connectivity index is 0.000000500. The molecule has 2 rings (SSSR count). The van der Waals surface area contributed by atoms with Gasteiger partial charge in [0.1, 0.15) is 5.58 Å². The smallest absolute Gasteiger partial charge is 0.133 e. The Bertz CT molecular complexity index is 283. The molecule has 0 radical (unpaired) electrons. The topological polar surface area (TPSA) is 13.1 Å². The zero-order chi connectivity index (χ0) is 6.10. The van der Waals surface area contributed by atoms with Crippen LogP contribution in [0.1, 0.15) is 0 Å². The molecule has 46 valence electrons. The number of fused-ring (bicyclic) bond motifs is 1. The van der Waals surface area contributed by atoms with E-state index in [0.29, 0.717) is 0 Å². The van der Waals surface area contributed by atoms with Crippen molar-refractivity contribution in [2.75, 3.05) is 0 Å². The SMILES string of the molecule is [KH].c1ccc2occc2c1. The van der Waals surface area contributed by atoms with Crippen LogP contribution in [0.15, 0.2) is 41.0 Å². The Labute approximate surface area is 102 Å². The third-order valence-corrected chi connectivity index (χ3v) is 1.36. The monoisotopic (exact) mass is 158 g/mol. The van der Waals surface area contributed by atoms with E-state index in [-0.39, 0.29) is 51.4 Å². The van der Waals surface area contributed by atoms with Crippen molar-refractivity contribution in [1.29, 1.82) is 0 Å². The van der Waals surface area contributed by atoms with Gasteiger partial charge in [-0.25, -0.2) is 0 Å². The van der Waals surface area contributed by atoms with Gasteiger partial charge in [-0.05, 0) is 12.1 Å². The van der Waals surface area contributed by atoms with Crippen LogP contribution in [0.4, 0.5) is 0 Å². The maximum atomic E-state index is 5.12. The zero-order valence-electron chi connectivity index (χ0n) is 4.87. The van der Waals surface area contributed by atoms with Crippen molar-refractivity contribution in [2.45, 2.75) is 0 Å². The maximum Gasteiger partial charge on any atom is 0.133 e. The molecular weight excluding hydrogens is 151 g/mol. The van der Waals surface area contributed by atoms with Gasteiger partial charge < -0.3 is 4.42 Å². The largest absolute Gasteiger partial charge is 0.464 e. The summed E-state index contributed by atoms with van der Waals surface area (Å²) in [6, 6.07) is 9.90. The van der Waals surface area contributed by atoms with Crippen molar-refractivity contribution < 1.29 is 4.42 Å². The average Bonchev–Trinajstić information content (AvgIpc) is 2.33. The van der Waals surface area contributed by atoms with E-state index in [0.717, 1.165) is 11.0 Å². The summed E-state index contributed by atoms with van der Waals surface area (Å²) in [5, 5.41) is 1.16. The van der Waals surface area contributed by atoms with E-state index in [1.165, 1.54) is 0 Å². The first-order valence-electron chi connectivity index (χ1n) is 2.89. The van der Waals surface area contributed by atoms with E-state index in [9.17, 15) is 0 Å². The number of para-hydroxylation sites is 1. The van der Waals surface area contributed by atoms with Crippen LogP contribution in [0.2, 0.25) is 0 Å². The Hall–Kier alpha value is 0.396. The Kier molecular flexibility index (Phi) is 3.13. The number of hydrogen-bond donors (Lipinski definition) is 0. The van der Waals surface area contributed by atoms with Crippen molar-refractivity contribution in [2.24, 2.45) is 0 Å². The summed E-state index contributed by atoms with van der Waals surface area (Å²) in [6.45, 7) is 0. The molecule has 0 aliphatic rings. The molecule has 0 bridgehead atoms. The summed E-state index contributed by atoms with van der Waals surface area (Å²) in [7, 11) is 0.